The zero-order valence-electron chi connectivity index (χ0n) is 13.9. The first-order chi connectivity index (χ1) is 12.0. The first kappa shape index (κ1) is 16.6. The van der Waals surface area contributed by atoms with Gasteiger partial charge in [0.1, 0.15) is 0 Å². The number of carbonyl (C=O) groups excluding carboxylic acids is 1. The minimum Gasteiger partial charge on any atom is -0.494 e. The van der Waals surface area contributed by atoms with Crippen LogP contribution in [0.1, 0.15) is 21.7 Å². The normalized spacial score (nSPS) is 10.6. The molecule has 0 bridgehead atoms. The average Bonchev–Trinajstić information content (AvgIpc) is 2.93. The third-order valence-electron chi connectivity index (χ3n) is 3.51. The number of nitrogens with zero attached hydrogens (tertiary/aromatic N) is 4. The van der Waals surface area contributed by atoms with Gasteiger partial charge in [0.25, 0.3) is 11.9 Å². The number of carbonyl (C=O) groups is 1. The SMILES string of the molecule is COc1ccc(C(=O)Nc2cnc(-n3nc(C)cc3C)nc2)cc1F. The quantitative estimate of drug-likeness (QED) is 0.789. The van der Waals surface area contributed by atoms with Crippen molar-refractivity contribution in [3.8, 4) is 11.7 Å². The zero-order valence-corrected chi connectivity index (χ0v) is 13.9. The molecule has 1 amide bonds. The van der Waals surface area contributed by atoms with Crippen LogP contribution in [0.4, 0.5) is 10.1 Å². The second kappa shape index (κ2) is 6.68. The lowest BCUT2D eigenvalue weighted by Gasteiger charge is -2.07. The molecule has 0 fully saturated rings. The molecule has 25 heavy (non-hydrogen) atoms. The Kier molecular flexibility index (Phi) is 4.42. The Labute approximate surface area is 143 Å². The van der Waals surface area contributed by atoms with E-state index in [0.717, 1.165) is 17.5 Å². The van der Waals surface area contributed by atoms with Crippen LogP contribution in [0.25, 0.3) is 5.95 Å². The van der Waals surface area contributed by atoms with E-state index in [1.165, 1.54) is 31.6 Å². The molecule has 1 N–H and O–H groups in total. The predicted molar refractivity (Wildman–Crippen MR) is 89.5 cm³/mol. The molecule has 0 unspecified atom stereocenters. The number of anilines is 1. The van der Waals surface area contributed by atoms with Crippen LogP contribution in [0.3, 0.4) is 0 Å². The fraction of sp³-hybridized carbons (Fsp3) is 0.176. The molecule has 2 heterocycles. The zero-order chi connectivity index (χ0) is 18.0. The van der Waals surface area contributed by atoms with E-state index in [-0.39, 0.29) is 11.3 Å². The van der Waals surface area contributed by atoms with Crippen LogP contribution in [-0.2, 0) is 0 Å². The summed E-state index contributed by atoms with van der Waals surface area (Å²) in [4.78, 5) is 20.6. The first-order valence-corrected chi connectivity index (χ1v) is 7.48. The number of aryl methyl sites for hydroxylation is 2. The largest absolute Gasteiger partial charge is 0.494 e. The van der Waals surface area contributed by atoms with Crippen LogP contribution >= 0.6 is 0 Å². The minimum atomic E-state index is -0.605. The number of rotatable bonds is 4. The van der Waals surface area contributed by atoms with Gasteiger partial charge in [0, 0.05) is 11.3 Å². The van der Waals surface area contributed by atoms with Gasteiger partial charge in [-0.15, -0.1) is 0 Å². The number of amides is 1. The molecule has 1 aromatic carbocycles. The Hall–Kier alpha value is -3.29. The molecule has 8 heteroatoms. The monoisotopic (exact) mass is 341 g/mol. The van der Waals surface area contributed by atoms with Crippen LogP contribution in [0.15, 0.2) is 36.7 Å². The van der Waals surface area contributed by atoms with Crippen molar-refractivity contribution in [3.05, 3.63) is 59.4 Å². The van der Waals surface area contributed by atoms with E-state index >= 15 is 0 Å². The topological polar surface area (TPSA) is 81.9 Å². The molecule has 0 atom stereocenters. The molecule has 0 saturated carbocycles. The van der Waals surface area contributed by atoms with Crippen LogP contribution in [0.2, 0.25) is 0 Å². The summed E-state index contributed by atoms with van der Waals surface area (Å²) < 4.78 is 20.1. The van der Waals surface area contributed by atoms with Gasteiger partial charge in [-0.1, -0.05) is 0 Å². The number of ether oxygens (including phenoxy) is 1. The van der Waals surface area contributed by atoms with Crippen molar-refractivity contribution < 1.29 is 13.9 Å². The van der Waals surface area contributed by atoms with Crippen molar-refractivity contribution in [2.75, 3.05) is 12.4 Å². The van der Waals surface area contributed by atoms with Crippen LogP contribution in [0, 0.1) is 19.7 Å². The molecule has 0 spiro atoms. The van der Waals surface area contributed by atoms with Gasteiger partial charge in [0.2, 0.25) is 0 Å². The summed E-state index contributed by atoms with van der Waals surface area (Å²) in [7, 11) is 1.36. The Morgan fingerprint density at radius 3 is 2.48 bits per heavy atom. The first-order valence-electron chi connectivity index (χ1n) is 7.48. The van der Waals surface area contributed by atoms with Crippen LogP contribution in [-0.4, -0.2) is 32.8 Å². The maximum Gasteiger partial charge on any atom is 0.255 e. The Balaban J connectivity index is 1.76. The van der Waals surface area contributed by atoms with E-state index in [9.17, 15) is 9.18 Å². The van der Waals surface area contributed by atoms with Gasteiger partial charge >= 0.3 is 0 Å². The molecule has 3 rings (SSSR count). The van der Waals surface area contributed by atoms with E-state index < -0.39 is 11.7 Å². The molecule has 0 aliphatic heterocycles. The summed E-state index contributed by atoms with van der Waals surface area (Å²) in [6.07, 6.45) is 2.94. The van der Waals surface area contributed by atoms with Crippen molar-refractivity contribution in [1.82, 2.24) is 19.7 Å². The molecule has 3 aromatic rings. The van der Waals surface area contributed by atoms with E-state index in [1.54, 1.807) is 4.68 Å². The number of aromatic nitrogens is 4. The standard InChI is InChI=1S/C17H16FN5O2/c1-10-6-11(2)23(22-10)17-19-8-13(9-20-17)21-16(24)12-4-5-15(25-3)14(18)7-12/h4-9H,1-3H3,(H,21,24). The van der Waals surface area contributed by atoms with Gasteiger partial charge in [0.15, 0.2) is 11.6 Å². The predicted octanol–water partition coefficient (Wildman–Crippen LogP) is 2.68. The van der Waals surface area contributed by atoms with Crippen molar-refractivity contribution in [2.45, 2.75) is 13.8 Å². The summed E-state index contributed by atoms with van der Waals surface area (Å²) in [5, 5.41) is 6.92. The third-order valence-corrected chi connectivity index (χ3v) is 3.51. The molecule has 0 aliphatic rings. The van der Waals surface area contributed by atoms with Gasteiger partial charge in [-0.2, -0.15) is 5.10 Å². The molecule has 7 nitrogen and oxygen atoms in total. The fourth-order valence-corrected chi connectivity index (χ4v) is 2.34. The lowest BCUT2D eigenvalue weighted by Crippen LogP contribution is -2.13. The fourth-order valence-electron chi connectivity index (χ4n) is 2.34. The van der Waals surface area contributed by atoms with Gasteiger partial charge in [-0.05, 0) is 38.1 Å². The van der Waals surface area contributed by atoms with Crippen molar-refractivity contribution in [3.63, 3.8) is 0 Å². The Morgan fingerprint density at radius 1 is 1.20 bits per heavy atom. The van der Waals surface area contributed by atoms with Gasteiger partial charge in [0.05, 0.1) is 30.9 Å². The maximum absolute atomic E-state index is 13.7. The average molecular weight is 341 g/mol. The van der Waals surface area contributed by atoms with Crippen molar-refractivity contribution >= 4 is 11.6 Å². The summed E-state index contributed by atoms with van der Waals surface area (Å²) in [6, 6.07) is 5.89. The highest BCUT2D eigenvalue weighted by Gasteiger charge is 2.12. The number of methoxy groups -OCH3 is 1. The molecule has 2 aromatic heterocycles. The summed E-state index contributed by atoms with van der Waals surface area (Å²) >= 11 is 0. The summed E-state index contributed by atoms with van der Waals surface area (Å²) in [5.41, 5.74) is 2.33. The number of benzene rings is 1. The number of hydrogen-bond acceptors (Lipinski definition) is 5. The number of halogens is 1. The number of nitrogens with one attached hydrogen (secondary N) is 1. The lowest BCUT2D eigenvalue weighted by molar-refractivity contribution is 0.102. The van der Waals surface area contributed by atoms with Crippen LogP contribution in [0.5, 0.6) is 5.75 Å². The maximum atomic E-state index is 13.7. The molecular formula is C17H16FN5O2. The van der Waals surface area contributed by atoms with Crippen LogP contribution < -0.4 is 10.1 Å². The van der Waals surface area contributed by atoms with E-state index in [1.807, 2.05) is 19.9 Å². The van der Waals surface area contributed by atoms with Gasteiger partial charge < -0.3 is 10.1 Å². The number of hydrogen-bond donors (Lipinski definition) is 1. The highest BCUT2D eigenvalue weighted by Crippen LogP contribution is 2.18. The van der Waals surface area contributed by atoms with E-state index in [2.05, 4.69) is 20.4 Å². The molecule has 0 saturated heterocycles. The third kappa shape index (κ3) is 3.47. The van der Waals surface area contributed by atoms with Gasteiger partial charge in [-0.3, -0.25) is 4.79 Å². The molecule has 0 radical (unpaired) electrons. The van der Waals surface area contributed by atoms with E-state index in [4.69, 9.17) is 4.74 Å². The lowest BCUT2D eigenvalue weighted by atomic mass is 10.2. The second-order valence-corrected chi connectivity index (χ2v) is 5.41. The molecular weight excluding hydrogens is 325 g/mol. The second-order valence-electron chi connectivity index (χ2n) is 5.41. The van der Waals surface area contributed by atoms with Gasteiger partial charge in [-0.25, -0.2) is 19.0 Å². The van der Waals surface area contributed by atoms with Crippen molar-refractivity contribution in [1.29, 1.82) is 0 Å². The highest BCUT2D eigenvalue weighted by atomic mass is 19.1. The molecule has 0 aliphatic carbocycles. The summed E-state index contributed by atoms with van der Waals surface area (Å²) in [5.74, 6) is -0.594. The van der Waals surface area contributed by atoms with Crippen molar-refractivity contribution in [2.24, 2.45) is 0 Å². The smallest absolute Gasteiger partial charge is 0.255 e. The minimum absolute atomic E-state index is 0.0779. The van der Waals surface area contributed by atoms with E-state index in [0.29, 0.717) is 11.6 Å². The highest BCUT2D eigenvalue weighted by molar-refractivity contribution is 6.04. The summed E-state index contributed by atoms with van der Waals surface area (Å²) in [6.45, 7) is 3.78. The Bertz CT molecular complexity index is 921. The molecule has 128 valence electrons. The Morgan fingerprint density at radius 2 is 1.92 bits per heavy atom.